The van der Waals surface area contributed by atoms with E-state index >= 15 is 0 Å². The van der Waals surface area contributed by atoms with Gasteiger partial charge in [-0.15, -0.1) is 0 Å². The summed E-state index contributed by atoms with van der Waals surface area (Å²) in [7, 11) is 2.15. The Hall–Kier alpha value is -0.810. The minimum absolute atomic E-state index is 0.103. The van der Waals surface area contributed by atoms with Crippen LogP contribution in [-0.2, 0) is 4.74 Å². The molecule has 0 aromatic carbocycles. The van der Waals surface area contributed by atoms with E-state index in [4.69, 9.17) is 4.74 Å². The normalized spacial score (nSPS) is 28.6. The monoisotopic (exact) mass is 325 g/mol. The van der Waals surface area contributed by atoms with E-state index in [1.54, 1.807) is 0 Å². The smallest absolute Gasteiger partial charge is 0.317 e. The quantitative estimate of drug-likeness (QED) is 0.844. The van der Waals surface area contributed by atoms with E-state index in [9.17, 15) is 4.79 Å². The topological polar surface area (TPSA) is 44.8 Å². The molecule has 0 aromatic heterocycles. The van der Waals surface area contributed by atoms with Gasteiger partial charge in [-0.3, -0.25) is 0 Å². The Kier molecular flexibility index (Phi) is 6.32. The fourth-order valence-corrected chi connectivity index (χ4v) is 3.87. The molecule has 3 atom stereocenters. The average Bonchev–Trinajstić information content (AvgIpc) is 3.12. The zero-order valence-corrected chi connectivity index (χ0v) is 15.6. The lowest BCUT2D eigenvalue weighted by Crippen LogP contribution is -2.44. The summed E-state index contributed by atoms with van der Waals surface area (Å²) in [5.41, 5.74) is 0.134. The highest BCUT2D eigenvalue weighted by atomic mass is 16.5. The first-order valence-corrected chi connectivity index (χ1v) is 9.14. The van der Waals surface area contributed by atoms with Gasteiger partial charge >= 0.3 is 6.03 Å². The van der Waals surface area contributed by atoms with E-state index in [0.717, 1.165) is 52.2 Å². The Bertz CT molecular complexity index is 394. The highest BCUT2D eigenvalue weighted by molar-refractivity contribution is 5.74. The van der Waals surface area contributed by atoms with Gasteiger partial charge in [0.1, 0.15) is 0 Å². The van der Waals surface area contributed by atoms with Crippen LogP contribution in [0.2, 0.25) is 0 Å². The number of nitrogens with zero attached hydrogens (tertiary/aromatic N) is 2. The highest BCUT2D eigenvalue weighted by Gasteiger charge is 2.37. The van der Waals surface area contributed by atoms with Gasteiger partial charge < -0.3 is 19.9 Å². The molecule has 5 heteroatoms. The zero-order chi connectivity index (χ0) is 17.0. The number of ether oxygens (including phenoxy) is 1. The van der Waals surface area contributed by atoms with Gasteiger partial charge in [0.25, 0.3) is 0 Å². The van der Waals surface area contributed by atoms with E-state index in [-0.39, 0.29) is 17.6 Å². The van der Waals surface area contributed by atoms with Crippen LogP contribution in [0.25, 0.3) is 0 Å². The molecule has 0 unspecified atom stereocenters. The molecule has 2 fully saturated rings. The predicted octanol–water partition coefficient (Wildman–Crippen LogP) is 2.42. The van der Waals surface area contributed by atoms with Crippen LogP contribution in [0.1, 0.15) is 40.5 Å². The summed E-state index contributed by atoms with van der Waals surface area (Å²) in [6.07, 6.45) is 2.41. The van der Waals surface area contributed by atoms with Crippen molar-refractivity contribution in [1.82, 2.24) is 15.1 Å². The molecular weight excluding hydrogens is 290 g/mol. The molecule has 0 aromatic rings. The van der Waals surface area contributed by atoms with Crippen LogP contribution in [0.4, 0.5) is 4.79 Å². The number of likely N-dealkylation sites (tertiary alicyclic amines) is 1. The van der Waals surface area contributed by atoms with Crippen molar-refractivity contribution in [3.63, 3.8) is 0 Å². The molecule has 0 aliphatic carbocycles. The molecule has 2 saturated heterocycles. The molecule has 1 N–H and O–H groups in total. The fraction of sp³-hybridized carbons (Fsp3) is 0.944. The van der Waals surface area contributed by atoms with Gasteiger partial charge in [-0.05, 0) is 37.8 Å². The Balaban J connectivity index is 1.75. The van der Waals surface area contributed by atoms with Crippen LogP contribution in [0.3, 0.4) is 0 Å². The third kappa shape index (κ3) is 5.08. The number of urea groups is 1. The lowest BCUT2D eigenvalue weighted by Gasteiger charge is -2.31. The van der Waals surface area contributed by atoms with Gasteiger partial charge in [0.15, 0.2) is 0 Å². The molecule has 2 aliphatic heterocycles. The summed E-state index contributed by atoms with van der Waals surface area (Å²) in [5.74, 6) is 1.05. The van der Waals surface area contributed by atoms with Gasteiger partial charge in [-0.25, -0.2) is 4.79 Å². The molecule has 134 valence electrons. The number of hydrogen-bond donors (Lipinski definition) is 1. The van der Waals surface area contributed by atoms with Gasteiger partial charge in [0.2, 0.25) is 0 Å². The lowest BCUT2D eigenvalue weighted by molar-refractivity contribution is 0.00758. The standard InChI is InChI=1S/C18H35N3O2/c1-6-20(5)12-14-7-9-21(13-14)17(22)19-11-15-8-10-23-16(15)18(2,3)4/h14-16H,6-13H2,1-5H3,(H,19,22)/t14-,15-,16+/m0/s1. The van der Waals surface area contributed by atoms with Crippen LogP contribution in [0.15, 0.2) is 0 Å². The zero-order valence-electron chi connectivity index (χ0n) is 15.6. The molecule has 2 rings (SSSR count). The molecule has 5 nitrogen and oxygen atoms in total. The first-order chi connectivity index (χ1) is 10.8. The number of nitrogens with one attached hydrogen (secondary N) is 1. The van der Waals surface area contributed by atoms with Crippen molar-refractivity contribution in [2.75, 3.05) is 46.4 Å². The minimum Gasteiger partial charge on any atom is -0.377 e. The Morgan fingerprint density at radius 1 is 1.35 bits per heavy atom. The van der Waals surface area contributed by atoms with Crippen molar-refractivity contribution in [2.45, 2.75) is 46.6 Å². The summed E-state index contributed by atoms with van der Waals surface area (Å²) in [4.78, 5) is 16.7. The SMILES string of the molecule is CCN(C)C[C@@H]1CCN(C(=O)NC[C@@H]2CCO[C@H]2C(C)(C)C)C1. The van der Waals surface area contributed by atoms with Crippen molar-refractivity contribution < 1.29 is 9.53 Å². The predicted molar refractivity (Wildman–Crippen MR) is 93.6 cm³/mol. The summed E-state index contributed by atoms with van der Waals surface area (Å²) >= 11 is 0. The van der Waals surface area contributed by atoms with Gasteiger partial charge in [0, 0.05) is 38.7 Å². The minimum atomic E-state index is 0.103. The van der Waals surface area contributed by atoms with Crippen molar-refractivity contribution >= 4 is 6.03 Å². The molecule has 0 radical (unpaired) electrons. The third-order valence-corrected chi connectivity index (χ3v) is 5.27. The maximum Gasteiger partial charge on any atom is 0.317 e. The number of amides is 2. The molecule has 0 spiro atoms. The number of carbonyl (C=O) groups is 1. The summed E-state index contributed by atoms with van der Waals surface area (Å²) in [5, 5.41) is 3.15. The van der Waals surface area contributed by atoms with E-state index in [1.165, 1.54) is 0 Å². The van der Waals surface area contributed by atoms with Crippen molar-refractivity contribution in [3.8, 4) is 0 Å². The number of hydrogen-bond acceptors (Lipinski definition) is 3. The second kappa shape index (κ2) is 7.84. The second-order valence-corrected chi connectivity index (χ2v) is 8.35. The van der Waals surface area contributed by atoms with E-state index < -0.39 is 0 Å². The average molecular weight is 325 g/mol. The van der Waals surface area contributed by atoms with Crippen LogP contribution in [-0.4, -0.2) is 68.3 Å². The lowest BCUT2D eigenvalue weighted by atomic mass is 9.81. The van der Waals surface area contributed by atoms with Crippen molar-refractivity contribution in [1.29, 1.82) is 0 Å². The molecular formula is C18H35N3O2. The fourth-order valence-electron chi connectivity index (χ4n) is 3.87. The maximum absolute atomic E-state index is 12.4. The Morgan fingerprint density at radius 3 is 2.74 bits per heavy atom. The molecule has 2 heterocycles. The Labute approximate surface area is 141 Å². The van der Waals surface area contributed by atoms with Crippen LogP contribution in [0.5, 0.6) is 0 Å². The van der Waals surface area contributed by atoms with Crippen molar-refractivity contribution in [2.24, 2.45) is 17.3 Å². The maximum atomic E-state index is 12.4. The van der Waals surface area contributed by atoms with Crippen LogP contribution < -0.4 is 5.32 Å². The summed E-state index contributed by atoms with van der Waals surface area (Å²) in [6.45, 7) is 14.3. The summed E-state index contributed by atoms with van der Waals surface area (Å²) < 4.78 is 5.89. The first-order valence-electron chi connectivity index (χ1n) is 9.14. The molecule has 0 saturated carbocycles. The molecule has 23 heavy (non-hydrogen) atoms. The van der Waals surface area contributed by atoms with Crippen LogP contribution >= 0.6 is 0 Å². The largest absolute Gasteiger partial charge is 0.377 e. The number of rotatable bonds is 5. The number of carbonyl (C=O) groups excluding carboxylic acids is 1. The van der Waals surface area contributed by atoms with E-state index in [0.29, 0.717) is 11.8 Å². The molecule has 2 amide bonds. The van der Waals surface area contributed by atoms with E-state index in [1.807, 2.05) is 4.90 Å². The third-order valence-electron chi connectivity index (χ3n) is 5.27. The van der Waals surface area contributed by atoms with Crippen LogP contribution in [0, 0.1) is 17.3 Å². The highest BCUT2D eigenvalue weighted by Crippen LogP contribution is 2.34. The van der Waals surface area contributed by atoms with Gasteiger partial charge in [-0.2, -0.15) is 0 Å². The summed E-state index contributed by atoms with van der Waals surface area (Å²) in [6, 6.07) is 0.103. The first kappa shape index (κ1) is 18.5. The second-order valence-electron chi connectivity index (χ2n) is 8.35. The molecule has 2 aliphatic rings. The van der Waals surface area contributed by atoms with E-state index in [2.05, 4.69) is 45.0 Å². The van der Waals surface area contributed by atoms with Gasteiger partial charge in [-0.1, -0.05) is 27.7 Å². The van der Waals surface area contributed by atoms with Crippen molar-refractivity contribution in [3.05, 3.63) is 0 Å². The molecule has 0 bridgehead atoms. The van der Waals surface area contributed by atoms with Gasteiger partial charge in [0.05, 0.1) is 6.10 Å². The Morgan fingerprint density at radius 2 is 2.09 bits per heavy atom.